The van der Waals surface area contributed by atoms with Gasteiger partial charge in [0.25, 0.3) is 5.91 Å². The summed E-state index contributed by atoms with van der Waals surface area (Å²) in [5.74, 6) is 1.49. The lowest BCUT2D eigenvalue weighted by Gasteiger charge is -2.18. The summed E-state index contributed by atoms with van der Waals surface area (Å²) in [5, 5.41) is 10.4. The largest absolute Gasteiger partial charge is 0.347 e. The van der Waals surface area contributed by atoms with Gasteiger partial charge in [-0.15, -0.1) is 0 Å². The number of carbonyl (C=O) groups is 1. The quantitative estimate of drug-likeness (QED) is 0.724. The molecule has 1 fully saturated rings. The molecule has 2 atom stereocenters. The van der Waals surface area contributed by atoms with Crippen LogP contribution >= 0.6 is 0 Å². The first-order valence-corrected chi connectivity index (χ1v) is 9.06. The van der Waals surface area contributed by atoms with Gasteiger partial charge < -0.3 is 5.32 Å². The van der Waals surface area contributed by atoms with Crippen LogP contribution in [0.1, 0.15) is 33.6 Å². The van der Waals surface area contributed by atoms with Crippen molar-refractivity contribution in [3.8, 4) is 0 Å². The second-order valence-electron chi connectivity index (χ2n) is 6.85. The molecule has 2 N–H and O–H groups in total. The highest BCUT2D eigenvalue weighted by Crippen LogP contribution is 2.26. The fraction of sp³-hybridized carbons (Fsp3) is 0.300. The number of hydrogen-bond donors (Lipinski definition) is 2. The number of rotatable bonds is 5. The van der Waals surface area contributed by atoms with Crippen molar-refractivity contribution in [3.05, 3.63) is 77.6 Å². The molecule has 1 aromatic carbocycles. The van der Waals surface area contributed by atoms with Crippen LogP contribution in [0.2, 0.25) is 0 Å². The van der Waals surface area contributed by atoms with Crippen LogP contribution in [0.5, 0.6) is 0 Å². The number of nitrogens with zero attached hydrogens (tertiary/aromatic N) is 4. The van der Waals surface area contributed by atoms with E-state index in [1.165, 1.54) is 0 Å². The Hall–Kier alpha value is -3.06. The highest BCUT2D eigenvalue weighted by atomic mass is 16.1. The van der Waals surface area contributed by atoms with Gasteiger partial charge in [-0.05, 0) is 31.2 Å². The molecule has 27 heavy (non-hydrogen) atoms. The summed E-state index contributed by atoms with van der Waals surface area (Å²) >= 11 is 0. The highest BCUT2D eigenvalue weighted by Gasteiger charge is 2.37. The Morgan fingerprint density at radius 1 is 1.19 bits per heavy atom. The van der Waals surface area contributed by atoms with E-state index in [-0.39, 0.29) is 17.9 Å². The van der Waals surface area contributed by atoms with Crippen molar-refractivity contribution in [3.63, 3.8) is 0 Å². The van der Waals surface area contributed by atoms with Crippen molar-refractivity contribution in [2.45, 2.75) is 25.4 Å². The fourth-order valence-electron chi connectivity index (χ4n) is 3.51. The van der Waals surface area contributed by atoms with E-state index < -0.39 is 0 Å². The van der Waals surface area contributed by atoms with Gasteiger partial charge in [-0.1, -0.05) is 24.3 Å². The van der Waals surface area contributed by atoms with Crippen molar-refractivity contribution < 1.29 is 4.79 Å². The molecule has 1 aliphatic rings. The Labute approximate surface area is 157 Å². The van der Waals surface area contributed by atoms with Crippen LogP contribution in [-0.4, -0.2) is 50.1 Å². The van der Waals surface area contributed by atoms with Crippen molar-refractivity contribution in [2.24, 2.45) is 0 Å². The number of aromatic amines is 1. The summed E-state index contributed by atoms with van der Waals surface area (Å²) in [6.07, 6.45) is 1.80. The van der Waals surface area contributed by atoms with Crippen molar-refractivity contribution in [1.82, 2.24) is 30.4 Å². The molecule has 0 radical (unpaired) electrons. The van der Waals surface area contributed by atoms with Crippen LogP contribution in [0.25, 0.3) is 0 Å². The van der Waals surface area contributed by atoms with Crippen molar-refractivity contribution in [1.29, 1.82) is 0 Å². The number of pyridine rings is 1. The number of carbonyl (C=O) groups excluding carboxylic acids is 1. The van der Waals surface area contributed by atoms with Crippen LogP contribution in [0, 0.1) is 6.92 Å². The number of benzene rings is 1. The van der Waals surface area contributed by atoms with Gasteiger partial charge in [0.2, 0.25) is 0 Å². The first-order valence-electron chi connectivity index (χ1n) is 9.06. The molecule has 7 heteroatoms. The van der Waals surface area contributed by atoms with E-state index in [0.717, 1.165) is 37.0 Å². The zero-order valence-corrected chi connectivity index (χ0v) is 15.2. The number of aromatic nitrogens is 4. The van der Waals surface area contributed by atoms with Gasteiger partial charge in [0, 0.05) is 31.4 Å². The molecule has 0 saturated carbocycles. The normalized spacial score (nSPS) is 19.9. The molecular formula is C20H22N6O. The highest BCUT2D eigenvalue weighted by molar-refractivity contribution is 5.94. The minimum atomic E-state index is -0.0717. The molecule has 0 aliphatic carbocycles. The standard InChI is InChI=1S/C20H22N6O/c1-14-22-19(25-24-14)17-12-26(11-16-9-5-6-10-21-16)13-18(17)23-20(27)15-7-3-2-4-8-15/h2-10,17-18H,11-13H2,1H3,(H,23,27)(H,22,24,25)/t17-,18-/m1/s1. The molecule has 1 saturated heterocycles. The average Bonchev–Trinajstić information content (AvgIpc) is 3.29. The number of likely N-dealkylation sites (tertiary alicyclic amines) is 1. The summed E-state index contributed by atoms with van der Waals surface area (Å²) in [7, 11) is 0. The summed E-state index contributed by atoms with van der Waals surface area (Å²) in [6, 6.07) is 15.1. The van der Waals surface area contributed by atoms with E-state index in [2.05, 4.69) is 30.4 Å². The monoisotopic (exact) mass is 362 g/mol. The Balaban J connectivity index is 1.52. The Kier molecular flexibility index (Phi) is 4.93. The van der Waals surface area contributed by atoms with E-state index >= 15 is 0 Å². The maximum Gasteiger partial charge on any atom is 0.251 e. The van der Waals surface area contributed by atoms with Crippen LogP contribution in [0.4, 0.5) is 0 Å². The van der Waals surface area contributed by atoms with E-state index in [1.54, 1.807) is 6.20 Å². The molecular weight excluding hydrogens is 340 g/mol. The van der Waals surface area contributed by atoms with E-state index in [0.29, 0.717) is 5.56 Å². The lowest BCUT2D eigenvalue weighted by molar-refractivity contribution is 0.0934. The molecule has 0 unspecified atom stereocenters. The lowest BCUT2D eigenvalue weighted by Crippen LogP contribution is -2.40. The van der Waals surface area contributed by atoms with Crippen LogP contribution in [0.3, 0.4) is 0 Å². The topological polar surface area (TPSA) is 86.8 Å². The van der Waals surface area contributed by atoms with Gasteiger partial charge >= 0.3 is 0 Å². The Morgan fingerprint density at radius 3 is 2.70 bits per heavy atom. The van der Waals surface area contributed by atoms with Gasteiger partial charge in [-0.2, -0.15) is 5.10 Å². The molecule has 4 rings (SSSR count). The molecule has 3 heterocycles. The Morgan fingerprint density at radius 2 is 2.00 bits per heavy atom. The molecule has 0 spiro atoms. The zero-order valence-electron chi connectivity index (χ0n) is 15.2. The number of nitrogens with one attached hydrogen (secondary N) is 2. The zero-order chi connectivity index (χ0) is 18.6. The third-order valence-electron chi connectivity index (χ3n) is 4.81. The van der Waals surface area contributed by atoms with Crippen LogP contribution < -0.4 is 5.32 Å². The predicted octanol–water partition coefficient (Wildman–Crippen LogP) is 1.91. The number of amides is 1. The maximum atomic E-state index is 12.7. The van der Waals surface area contributed by atoms with Crippen LogP contribution in [0.15, 0.2) is 54.7 Å². The first kappa shape index (κ1) is 17.4. The van der Waals surface area contributed by atoms with Gasteiger partial charge in [0.15, 0.2) is 5.82 Å². The number of hydrogen-bond acceptors (Lipinski definition) is 5. The molecule has 1 aliphatic heterocycles. The second kappa shape index (κ2) is 7.67. The van der Waals surface area contributed by atoms with E-state index in [4.69, 9.17) is 0 Å². The predicted molar refractivity (Wildman–Crippen MR) is 101 cm³/mol. The average molecular weight is 362 g/mol. The first-order chi connectivity index (χ1) is 13.2. The summed E-state index contributed by atoms with van der Waals surface area (Å²) in [6.45, 7) is 4.12. The molecule has 3 aromatic rings. The molecule has 1 amide bonds. The lowest BCUT2D eigenvalue weighted by atomic mass is 10.0. The van der Waals surface area contributed by atoms with Crippen LogP contribution in [-0.2, 0) is 6.54 Å². The minimum absolute atomic E-state index is 0.0336. The third kappa shape index (κ3) is 4.03. The molecule has 2 aromatic heterocycles. The minimum Gasteiger partial charge on any atom is -0.347 e. The SMILES string of the molecule is Cc1nc([C@@H]2CN(Cc3ccccn3)C[C@H]2NC(=O)c2ccccc2)n[nH]1. The van der Waals surface area contributed by atoms with Gasteiger partial charge in [-0.25, -0.2) is 4.98 Å². The fourth-order valence-corrected chi connectivity index (χ4v) is 3.51. The molecule has 7 nitrogen and oxygen atoms in total. The van der Waals surface area contributed by atoms with E-state index in [9.17, 15) is 4.79 Å². The second-order valence-corrected chi connectivity index (χ2v) is 6.85. The molecule has 0 bridgehead atoms. The Bertz CT molecular complexity index is 895. The number of aryl methyl sites for hydroxylation is 1. The van der Waals surface area contributed by atoms with E-state index in [1.807, 2.05) is 55.5 Å². The third-order valence-corrected chi connectivity index (χ3v) is 4.81. The summed E-state index contributed by atoms with van der Waals surface area (Å²) in [5.41, 5.74) is 1.67. The summed E-state index contributed by atoms with van der Waals surface area (Å²) in [4.78, 5) is 23.9. The van der Waals surface area contributed by atoms with Crippen molar-refractivity contribution >= 4 is 5.91 Å². The van der Waals surface area contributed by atoms with Crippen molar-refractivity contribution in [2.75, 3.05) is 13.1 Å². The van der Waals surface area contributed by atoms with Gasteiger partial charge in [0.1, 0.15) is 5.82 Å². The van der Waals surface area contributed by atoms with Gasteiger partial charge in [-0.3, -0.25) is 19.8 Å². The number of H-pyrrole nitrogens is 1. The molecule has 138 valence electrons. The van der Waals surface area contributed by atoms with Gasteiger partial charge in [0.05, 0.1) is 17.7 Å². The maximum absolute atomic E-state index is 12.7. The smallest absolute Gasteiger partial charge is 0.251 e. The summed E-state index contributed by atoms with van der Waals surface area (Å²) < 4.78 is 0.